The van der Waals surface area contributed by atoms with Crippen molar-refractivity contribution in [1.82, 2.24) is 10.2 Å². The average molecular weight is 331 g/mol. The van der Waals surface area contributed by atoms with Gasteiger partial charge in [0.15, 0.2) is 9.84 Å². The quantitative estimate of drug-likeness (QED) is 0.900. The first-order valence-corrected chi connectivity index (χ1v) is 9.55. The Morgan fingerprint density at radius 2 is 2.14 bits per heavy atom. The number of rotatable bonds is 5. The maximum Gasteiger partial charge on any atom is 0.175 e. The minimum absolute atomic E-state index is 0.319. The third-order valence-corrected chi connectivity index (χ3v) is 5.61. The van der Waals surface area contributed by atoms with E-state index >= 15 is 0 Å². The summed E-state index contributed by atoms with van der Waals surface area (Å²) >= 11 is 6.17. The summed E-state index contributed by atoms with van der Waals surface area (Å²) in [4.78, 5) is 2.68. The van der Waals surface area contributed by atoms with E-state index in [4.69, 9.17) is 11.6 Å². The molecule has 1 heterocycles. The van der Waals surface area contributed by atoms with Crippen LogP contribution < -0.4 is 5.32 Å². The number of nitrogens with one attached hydrogen (secondary N) is 1. The molecular weight excluding hydrogens is 308 g/mol. The lowest BCUT2D eigenvalue weighted by Gasteiger charge is -2.32. The number of halogens is 1. The van der Waals surface area contributed by atoms with Crippen molar-refractivity contribution in [1.29, 1.82) is 0 Å². The van der Waals surface area contributed by atoms with Crippen molar-refractivity contribution < 1.29 is 8.42 Å². The van der Waals surface area contributed by atoms with Gasteiger partial charge in [0.05, 0.1) is 4.90 Å². The Hall–Kier alpha value is -0.620. The minimum atomic E-state index is -3.26. The van der Waals surface area contributed by atoms with Crippen LogP contribution in [0.2, 0.25) is 5.02 Å². The van der Waals surface area contributed by atoms with Gasteiger partial charge in [0.25, 0.3) is 0 Å². The molecule has 0 aromatic heterocycles. The van der Waals surface area contributed by atoms with Gasteiger partial charge in [0, 0.05) is 36.0 Å². The largest absolute Gasteiger partial charge is 0.311 e. The fourth-order valence-electron chi connectivity index (χ4n) is 2.82. The number of sulfone groups is 1. The van der Waals surface area contributed by atoms with Crippen LogP contribution in [0.5, 0.6) is 0 Å². The van der Waals surface area contributed by atoms with E-state index in [1.165, 1.54) is 25.5 Å². The Labute approximate surface area is 132 Å². The van der Waals surface area contributed by atoms with Crippen LogP contribution in [-0.4, -0.2) is 45.8 Å². The van der Waals surface area contributed by atoms with Gasteiger partial charge in [-0.2, -0.15) is 0 Å². The third-order valence-electron chi connectivity index (χ3n) is 4.08. The molecule has 118 valence electrons. The second kappa shape index (κ2) is 7.09. The summed E-state index contributed by atoms with van der Waals surface area (Å²) in [5, 5.41) is 3.87. The fourth-order valence-corrected chi connectivity index (χ4v) is 4.08. The van der Waals surface area contributed by atoms with Gasteiger partial charge < -0.3 is 10.2 Å². The summed E-state index contributed by atoms with van der Waals surface area (Å²) < 4.78 is 23.7. The molecular formula is C15H23ClN2O2S. The molecule has 1 aliphatic heterocycles. The monoisotopic (exact) mass is 330 g/mol. The van der Waals surface area contributed by atoms with Gasteiger partial charge in [-0.25, -0.2) is 8.42 Å². The van der Waals surface area contributed by atoms with Crippen LogP contribution in [0, 0.1) is 0 Å². The fraction of sp³-hybridized carbons (Fsp3) is 0.600. The summed E-state index contributed by atoms with van der Waals surface area (Å²) in [6.45, 7) is 2.46. The lowest BCUT2D eigenvalue weighted by molar-refractivity contribution is 0.181. The topological polar surface area (TPSA) is 49.4 Å². The molecule has 1 N–H and O–H groups in total. The van der Waals surface area contributed by atoms with Crippen molar-refractivity contribution in [3.05, 3.63) is 28.8 Å². The molecule has 0 amide bonds. The molecule has 0 aliphatic carbocycles. The van der Waals surface area contributed by atoms with Crippen molar-refractivity contribution in [2.45, 2.75) is 36.7 Å². The van der Waals surface area contributed by atoms with E-state index in [1.807, 2.05) is 0 Å². The van der Waals surface area contributed by atoms with E-state index in [-0.39, 0.29) is 0 Å². The van der Waals surface area contributed by atoms with Crippen LogP contribution >= 0.6 is 11.6 Å². The van der Waals surface area contributed by atoms with Gasteiger partial charge in [0.2, 0.25) is 0 Å². The minimum Gasteiger partial charge on any atom is -0.311 e. The van der Waals surface area contributed by atoms with Crippen molar-refractivity contribution in [2.24, 2.45) is 0 Å². The van der Waals surface area contributed by atoms with Crippen molar-refractivity contribution in [3.8, 4) is 0 Å². The highest BCUT2D eigenvalue weighted by molar-refractivity contribution is 7.90. The second-order valence-electron chi connectivity index (χ2n) is 5.75. The van der Waals surface area contributed by atoms with Gasteiger partial charge in [0.1, 0.15) is 0 Å². The molecule has 1 fully saturated rings. The normalized spacial score (nSPS) is 20.6. The summed E-state index contributed by atoms with van der Waals surface area (Å²) in [6, 6.07) is 5.55. The first-order chi connectivity index (χ1) is 9.89. The second-order valence-corrected chi connectivity index (χ2v) is 8.14. The zero-order valence-corrected chi connectivity index (χ0v) is 14.2. The van der Waals surface area contributed by atoms with E-state index < -0.39 is 9.84 Å². The predicted octanol–water partition coefficient (Wildman–Crippen LogP) is 2.32. The standard InChI is InChI=1S/C15H23ClN2O2S/c1-18-9-4-3-6-12(18)10-17-11-13-14(16)7-5-8-15(13)21(2,19)20/h5,7-8,12,17H,3-4,6,9-11H2,1-2H3. The van der Waals surface area contributed by atoms with Gasteiger partial charge in [-0.3, -0.25) is 0 Å². The Balaban J connectivity index is 2.03. The number of piperidine rings is 1. The molecule has 0 bridgehead atoms. The van der Waals surface area contributed by atoms with Crippen LogP contribution in [0.4, 0.5) is 0 Å². The van der Waals surface area contributed by atoms with E-state index in [0.29, 0.717) is 28.1 Å². The highest BCUT2D eigenvalue weighted by Gasteiger charge is 2.19. The molecule has 0 spiro atoms. The van der Waals surface area contributed by atoms with Crippen LogP contribution in [0.3, 0.4) is 0 Å². The van der Waals surface area contributed by atoms with Crippen LogP contribution in [0.1, 0.15) is 24.8 Å². The molecule has 4 nitrogen and oxygen atoms in total. The SMILES string of the molecule is CN1CCCCC1CNCc1c(Cl)cccc1S(C)(=O)=O. The van der Waals surface area contributed by atoms with E-state index in [1.54, 1.807) is 18.2 Å². The average Bonchev–Trinajstić information content (AvgIpc) is 2.41. The van der Waals surface area contributed by atoms with Crippen molar-refractivity contribution >= 4 is 21.4 Å². The molecule has 6 heteroatoms. The molecule has 1 aromatic rings. The highest BCUT2D eigenvalue weighted by Crippen LogP contribution is 2.24. The predicted molar refractivity (Wildman–Crippen MR) is 86.5 cm³/mol. The van der Waals surface area contributed by atoms with Gasteiger partial charge in [-0.05, 0) is 38.6 Å². The Morgan fingerprint density at radius 1 is 1.38 bits per heavy atom. The zero-order chi connectivity index (χ0) is 15.5. The zero-order valence-electron chi connectivity index (χ0n) is 12.6. The van der Waals surface area contributed by atoms with Crippen LogP contribution in [0.15, 0.2) is 23.1 Å². The van der Waals surface area contributed by atoms with E-state index in [0.717, 1.165) is 13.1 Å². The Kier molecular flexibility index (Phi) is 5.66. The maximum absolute atomic E-state index is 11.8. The molecule has 0 saturated carbocycles. The van der Waals surface area contributed by atoms with Crippen molar-refractivity contribution in [2.75, 3.05) is 26.4 Å². The molecule has 2 rings (SSSR count). The van der Waals surface area contributed by atoms with E-state index in [2.05, 4.69) is 17.3 Å². The number of hydrogen-bond donors (Lipinski definition) is 1. The van der Waals surface area contributed by atoms with Gasteiger partial charge >= 0.3 is 0 Å². The maximum atomic E-state index is 11.8. The first kappa shape index (κ1) is 16.7. The molecule has 1 unspecified atom stereocenters. The Morgan fingerprint density at radius 3 is 2.81 bits per heavy atom. The number of hydrogen-bond acceptors (Lipinski definition) is 4. The van der Waals surface area contributed by atoms with Crippen LogP contribution in [0.25, 0.3) is 0 Å². The summed E-state index contributed by atoms with van der Waals surface area (Å²) in [5.41, 5.74) is 0.667. The number of nitrogens with zero attached hydrogens (tertiary/aromatic N) is 1. The van der Waals surface area contributed by atoms with Gasteiger partial charge in [-0.15, -0.1) is 0 Å². The van der Waals surface area contributed by atoms with Crippen molar-refractivity contribution in [3.63, 3.8) is 0 Å². The van der Waals surface area contributed by atoms with Crippen LogP contribution in [-0.2, 0) is 16.4 Å². The summed E-state index contributed by atoms with van der Waals surface area (Å²) in [5.74, 6) is 0. The Bertz CT molecular complexity index is 589. The highest BCUT2D eigenvalue weighted by atomic mass is 35.5. The summed E-state index contributed by atoms with van der Waals surface area (Å²) in [7, 11) is -1.12. The molecule has 1 atom stereocenters. The molecule has 0 radical (unpaired) electrons. The molecule has 1 saturated heterocycles. The first-order valence-electron chi connectivity index (χ1n) is 7.28. The smallest absolute Gasteiger partial charge is 0.175 e. The molecule has 21 heavy (non-hydrogen) atoms. The third kappa shape index (κ3) is 4.42. The number of likely N-dealkylation sites (N-methyl/N-ethyl adjacent to an activating group) is 1. The van der Waals surface area contributed by atoms with E-state index in [9.17, 15) is 8.42 Å². The number of likely N-dealkylation sites (tertiary alicyclic amines) is 1. The summed E-state index contributed by atoms with van der Waals surface area (Å²) in [6.07, 6.45) is 4.93. The number of benzene rings is 1. The lowest BCUT2D eigenvalue weighted by atomic mass is 10.0. The lowest BCUT2D eigenvalue weighted by Crippen LogP contribution is -2.42. The molecule has 1 aliphatic rings. The van der Waals surface area contributed by atoms with Gasteiger partial charge in [-0.1, -0.05) is 24.1 Å². The molecule has 1 aromatic carbocycles.